The zero-order valence-corrected chi connectivity index (χ0v) is 10.5. The Hall–Kier alpha value is -2.82. The van der Waals surface area contributed by atoms with Crippen LogP contribution >= 0.6 is 0 Å². The fourth-order valence-electron chi connectivity index (χ4n) is 1.82. The van der Waals surface area contributed by atoms with Gasteiger partial charge in [-0.1, -0.05) is 6.07 Å². The van der Waals surface area contributed by atoms with Crippen LogP contribution in [0.25, 0.3) is 11.3 Å². The highest BCUT2D eigenvalue weighted by atomic mass is 19.1. The summed E-state index contributed by atoms with van der Waals surface area (Å²) in [7, 11) is 0. The average Bonchev–Trinajstić information content (AvgIpc) is 2.88. The fraction of sp³-hybridized carbons (Fsp3) is 0. The van der Waals surface area contributed by atoms with Gasteiger partial charge >= 0.3 is 0 Å². The molecule has 100 valence electrons. The minimum atomic E-state index is -0.282. The average molecular weight is 269 g/mol. The van der Waals surface area contributed by atoms with Crippen molar-refractivity contribution < 1.29 is 8.81 Å². The SMILES string of the molecule is Nc1cccc(Nc2nc(-c3ccc(F)cc3)co2)c1. The molecule has 0 radical (unpaired) electrons. The Morgan fingerprint density at radius 1 is 1.10 bits per heavy atom. The summed E-state index contributed by atoms with van der Waals surface area (Å²) in [5.41, 5.74) is 8.56. The molecule has 0 bridgehead atoms. The van der Waals surface area contributed by atoms with Crippen LogP contribution in [0.15, 0.2) is 59.2 Å². The number of anilines is 3. The second-order valence-corrected chi connectivity index (χ2v) is 4.30. The number of nitrogens with one attached hydrogen (secondary N) is 1. The molecule has 0 aliphatic rings. The number of benzene rings is 2. The van der Waals surface area contributed by atoms with Crippen molar-refractivity contribution in [1.82, 2.24) is 4.98 Å². The van der Waals surface area contributed by atoms with E-state index in [1.165, 1.54) is 18.4 Å². The maximum absolute atomic E-state index is 12.9. The van der Waals surface area contributed by atoms with E-state index in [9.17, 15) is 4.39 Å². The van der Waals surface area contributed by atoms with Gasteiger partial charge in [-0.2, -0.15) is 4.98 Å². The van der Waals surface area contributed by atoms with Gasteiger partial charge in [0.15, 0.2) is 0 Å². The Kier molecular flexibility index (Phi) is 3.09. The van der Waals surface area contributed by atoms with Crippen molar-refractivity contribution in [2.24, 2.45) is 0 Å². The van der Waals surface area contributed by atoms with Crippen LogP contribution in [0.5, 0.6) is 0 Å². The van der Waals surface area contributed by atoms with Gasteiger partial charge < -0.3 is 15.5 Å². The molecule has 0 unspecified atom stereocenters. The standard InChI is InChI=1S/C15H12FN3O/c16-11-6-4-10(5-7-11)14-9-20-15(19-14)18-13-3-1-2-12(17)8-13/h1-9H,17H2,(H,18,19). The van der Waals surface area contributed by atoms with E-state index >= 15 is 0 Å². The third kappa shape index (κ3) is 2.61. The van der Waals surface area contributed by atoms with E-state index in [0.29, 0.717) is 17.4 Å². The molecule has 3 N–H and O–H groups in total. The van der Waals surface area contributed by atoms with Crippen LogP contribution in [-0.4, -0.2) is 4.98 Å². The van der Waals surface area contributed by atoms with Crippen LogP contribution in [0.3, 0.4) is 0 Å². The number of nitrogens with zero attached hydrogens (tertiary/aromatic N) is 1. The Morgan fingerprint density at radius 2 is 1.90 bits per heavy atom. The monoisotopic (exact) mass is 269 g/mol. The molecule has 4 nitrogen and oxygen atoms in total. The van der Waals surface area contributed by atoms with E-state index in [1.54, 1.807) is 24.3 Å². The van der Waals surface area contributed by atoms with Gasteiger partial charge in [-0.3, -0.25) is 0 Å². The molecule has 0 aliphatic carbocycles. The number of aromatic nitrogens is 1. The Labute approximate surface area is 115 Å². The van der Waals surface area contributed by atoms with Crippen LogP contribution in [0.1, 0.15) is 0 Å². The summed E-state index contributed by atoms with van der Waals surface area (Å²) < 4.78 is 18.2. The summed E-state index contributed by atoms with van der Waals surface area (Å²) in [5, 5.41) is 3.01. The van der Waals surface area contributed by atoms with Crippen molar-refractivity contribution in [3.05, 3.63) is 60.6 Å². The van der Waals surface area contributed by atoms with Crippen molar-refractivity contribution >= 4 is 17.4 Å². The van der Waals surface area contributed by atoms with Gasteiger partial charge in [0.25, 0.3) is 6.01 Å². The summed E-state index contributed by atoms with van der Waals surface area (Å²) >= 11 is 0. The fourth-order valence-corrected chi connectivity index (χ4v) is 1.82. The molecule has 0 amide bonds. The number of oxazole rings is 1. The molecule has 3 rings (SSSR count). The van der Waals surface area contributed by atoms with E-state index in [1.807, 2.05) is 12.1 Å². The topological polar surface area (TPSA) is 64.1 Å². The third-order valence-corrected chi connectivity index (χ3v) is 2.78. The molecular weight excluding hydrogens is 257 g/mol. The van der Waals surface area contributed by atoms with Crippen LogP contribution in [0, 0.1) is 5.82 Å². The number of halogens is 1. The van der Waals surface area contributed by atoms with E-state index in [4.69, 9.17) is 10.2 Å². The van der Waals surface area contributed by atoms with E-state index in [2.05, 4.69) is 10.3 Å². The third-order valence-electron chi connectivity index (χ3n) is 2.78. The first-order chi connectivity index (χ1) is 9.70. The first kappa shape index (κ1) is 12.2. The highest BCUT2D eigenvalue weighted by molar-refractivity contribution is 5.63. The first-order valence-electron chi connectivity index (χ1n) is 6.05. The number of hydrogen-bond donors (Lipinski definition) is 2. The summed E-state index contributed by atoms with van der Waals surface area (Å²) in [5.74, 6) is -0.282. The Bertz CT molecular complexity index is 722. The van der Waals surface area contributed by atoms with Crippen LogP contribution < -0.4 is 11.1 Å². The number of nitrogens with two attached hydrogens (primary N) is 1. The Morgan fingerprint density at radius 3 is 2.65 bits per heavy atom. The lowest BCUT2D eigenvalue weighted by Crippen LogP contribution is -1.92. The van der Waals surface area contributed by atoms with Gasteiger partial charge in [-0.05, 0) is 42.5 Å². The zero-order valence-electron chi connectivity index (χ0n) is 10.5. The van der Waals surface area contributed by atoms with Gasteiger partial charge in [0, 0.05) is 16.9 Å². The minimum Gasteiger partial charge on any atom is -0.431 e. The predicted molar refractivity (Wildman–Crippen MR) is 76.0 cm³/mol. The van der Waals surface area contributed by atoms with Gasteiger partial charge in [-0.15, -0.1) is 0 Å². The highest BCUT2D eigenvalue weighted by Gasteiger charge is 2.06. The summed E-state index contributed by atoms with van der Waals surface area (Å²) in [4.78, 5) is 4.29. The van der Waals surface area contributed by atoms with Crippen molar-refractivity contribution in [3.8, 4) is 11.3 Å². The minimum absolute atomic E-state index is 0.282. The number of rotatable bonds is 3. The summed E-state index contributed by atoms with van der Waals surface area (Å²) in [6, 6.07) is 13.7. The first-order valence-corrected chi connectivity index (χ1v) is 6.05. The van der Waals surface area contributed by atoms with Crippen LogP contribution in [0.2, 0.25) is 0 Å². The largest absolute Gasteiger partial charge is 0.431 e. The molecule has 0 saturated carbocycles. The predicted octanol–water partition coefficient (Wildman–Crippen LogP) is 3.81. The maximum Gasteiger partial charge on any atom is 0.299 e. The molecule has 20 heavy (non-hydrogen) atoms. The molecule has 1 aromatic heterocycles. The second kappa shape index (κ2) is 5.05. The lowest BCUT2D eigenvalue weighted by molar-refractivity contribution is 0.578. The molecule has 3 aromatic rings. The molecular formula is C15H12FN3O. The molecule has 0 spiro atoms. The van der Waals surface area contributed by atoms with Gasteiger partial charge in [0.2, 0.25) is 0 Å². The summed E-state index contributed by atoms with van der Waals surface area (Å²) in [6.07, 6.45) is 1.52. The molecule has 0 atom stereocenters. The van der Waals surface area contributed by atoms with Crippen molar-refractivity contribution in [3.63, 3.8) is 0 Å². The van der Waals surface area contributed by atoms with E-state index in [0.717, 1.165) is 11.3 Å². The van der Waals surface area contributed by atoms with Crippen LogP contribution in [0.4, 0.5) is 21.8 Å². The molecule has 0 aliphatic heterocycles. The Balaban J connectivity index is 1.82. The second-order valence-electron chi connectivity index (χ2n) is 4.30. The lowest BCUT2D eigenvalue weighted by atomic mass is 10.2. The molecule has 5 heteroatoms. The van der Waals surface area contributed by atoms with Crippen molar-refractivity contribution in [1.29, 1.82) is 0 Å². The molecule has 2 aromatic carbocycles. The van der Waals surface area contributed by atoms with E-state index < -0.39 is 0 Å². The zero-order chi connectivity index (χ0) is 13.9. The van der Waals surface area contributed by atoms with Gasteiger partial charge in [0.1, 0.15) is 17.8 Å². The van der Waals surface area contributed by atoms with Gasteiger partial charge in [0.05, 0.1) is 0 Å². The van der Waals surface area contributed by atoms with Crippen LogP contribution in [-0.2, 0) is 0 Å². The van der Waals surface area contributed by atoms with Gasteiger partial charge in [-0.25, -0.2) is 4.39 Å². The van der Waals surface area contributed by atoms with Crippen molar-refractivity contribution in [2.75, 3.05) is 11.1 Å². The molecule has 1 heterocycles. The lowest BCUT2D eigenvalue weighted by Gasteiger charge is -2.01. The van der Waals surface area contributed by atoms with Crippen molar-refractivity contribution in [2.45, 2.75) is 0 Å². The highest BCUT2D eigenvalue weighted by Crippen LogP contribution is 2.23. The summed E-state index contributed by atoms with van der Waals surface area (Å²) in [6.45, 7) is 0. The molecule has 0 fully saturated rings. The normalized spacial score (nSPS) is 10.4. The van der Waals surface area contributed by atoms with E-state index in [-0.39, 0.29) is 5.82 Å². The molecule has 0 saturated heterocycles. The quantitative estimate of drug-likeness (QED) is 0.710. The number of nitrogen functional groups attached to an aromatic ring is 1. The smallest absolute Gasteiger partial charge is 0.299 e. The maximum atomic E-state index is 12.9. The number of hydrogen-bond acceptors (Lipinski definition) is 4.